The van der Waals surface area contributed by atoms with Crippen molar-refractivity contribution in [3.63, 3.8) is 0 Å². The Morgan fingerprint density at radius 3 is 2.67 bits per heavy atom. The molecule has 0 heterocycles. The maximum Gasteiger partial charge on any atom is 0.0716 e. The molecule has 0 bridgehead atoms. The number of benzene rings is 1. The molecule has 1 aromatic rings. The van der Waals surface area contributed by atoms with Crippen LogP contribution < -0.4 is 0 Å². The van der Waals surface area contributed by atoms with Crippen LogP contribution in [-0.4, -0.2) is 7.85 Å². The molecule has 0 aliphatic carbocycles. The summed E-state index contributed by atoms with van der Waals surface area (Å²) in [5.41, 5.74) is 2.48. The minimum atomic E-state index is 0.641. The van der Waals surface area contributed by atoms with Crippen LogP contribution in [0.2, 0.25) is 0 Å². The Morgan fingerprint density at radius 1 is 1.44 bits per heavy atom. The van der Waals surface area contributed by atoms with Crippen LogP contribution in [-0.2, 0) is 6.32 Å². The molecular weight excluding hydrogens is 107 g/mol. The molecule has 44 valence electrons. The lowest BCUT2D eigenvalue weighted by Crippen LogP contribution is -1.82. The van der Waals surface area contributed by atoms with Crippen molar-refractivity contribution in [1.29, 1.82) is 0 Å². The molecule has 0 unspecified atom stereocenters. The van der Waals surface area contributed by atoms with Gasteiger partial charge < -0.3 is 0 Å². The standard InChI is InChI=1S/C8H9B/c1-7-3-2-4-8(5-7)6-9/h2-5H,6H2,1H3. The summed E-state index contributed by atoms with van der Waals surface area (Å²) in [6, 6.07) is 8.23. The van der Waals surface area contributed by atoms with Crippen molar-refractivity contribution in [2.45, 2.75) is 13.2 Å². The Kier molecular flexibility index (Phi) is 1.94. The van der Waals surface area contributed by atoms with Gasteiger partial charge in [0.15, 0.2) is 0 Å². The zero-order valence-electron chi connectivity index (χ0n) is 5.59. The van der Waals surface area contributed by atoms with Gasteiger partial charge in [0.25, 0.3) is 0 Å². The van der Waals surface area contributed by atoms with Crippen LogP contribution in [0.3, 0.4) is 0 Å². The van der Waals surface area contributed by atoms with Gasteiger partial charge in [-0.05, 0) is 6.92 Å². The van der Waals surface area contributed by atoms with E-state index in [0.717, 1.165) is 0 Å². The van der Waals surface area contributed by atoms with E-state index in [-0.39, 0.29) is 0 Å². The van der Waals surface area contributed by atoms with E-state index < -0.39 is 0 Å². The van der Waals surface area contributed by atoms with Gasteiger partial charge in [-0.3, -0.25) is 0 Å². The lowest BCUT2D eigenvalue weighted by molar-refractivity contribution is 1.35. The van der Waals surface area contributed by atoms with Gasteiger partial charge in [-0.2, -0.15) is 0 Å². The van der Waals surface area contributed by atoms with Crippen LogP contribution in [0.25, 0.3) is 0 Å². The first-order valence-electron chi connectivity index (χ1n) is 3.08. The molecule has 1 aromatic carbocycles. The topological polar surface area (TPSA) is 0 Å². The molecule has 0 atom stereocenters. The lowest BCUT2D eigenvalue weighted by atomic mass is 9.96. The highest BCUT2D eigenvalue weighted by atomic mass is 13.9. The molecule has 1 heteroatoms. The predicted octanol–water partition coefficient (Wildman–Crippen LogP) is 1.66. The SMILES string of the molecule is [B]Cc1cccc(C)c1. The van der Waals surface area contributed by atoms with Crippen molar-refractivity contribution >= 4 is 7.85 Å². The van der Waals surface area contributed by atoms with Crippen LogP contribution in [0.15, 0.2) is 24.3 Å². The summed E-state index contributed by atoms with van der Waals surface area (Å²) in [7, 11) is 5.42. The van der Waals surface area contributed by atoms with Crippen molar-refractivity contribution in [2.75, 3.05) is 0 Å². The van der Waals surface area contributed by atoms with Crippen LogP contribution in [0.5, 0.6) is 0 Å². The minimum Gasteiger partial charge on any atom is -0.0643 e. The number of hydrogen-bond donors (Lipinski definition) is 0. The van der Waals surface area contributed by atoms with Gasteiger partial charge >= 0.3 is 0 Å². The van der Waals surface area contributed by atoms with E-state index in [2.05, 4.69) is 19.1 Å². The lowest BCUT2D eigenvalue weighted by Gasteiger charge is -1.95. The van der Waals surface area contributed by atoms with Crippen molar-refractivity contribution in [1.82, 2.24) is 0 Å². The highest BCUT2D eigenvalue weighted by Gasteiger charge is 1.85. The molecule has 2 radical (unpaired) electrons. The monoisotopic (exact) mass is 116 g/mol. The Bertz CT molecular complexity index is 194. The molecular formula is C8H9B. The minimum absolute atomic E-state index is 0.641. The van der Waals surface area contributed by atoms with Crippen molar-refractivity contribution in [2.24, 2.45) is 0 Å². The van der Waals surface area contributed by atoms with Gasteiger partial charge in [0, 0.05) is 0 Å². The van der Waals surface area contributed by atoms with E-state index in [1.807, 2.05) is 12.1 Å². The van der Waals surface area contributed by atoms with E-state index in [0.29, 0.717) is 6.32 Å². The fourth-order valence-corrected chi connectivity index (χ4v) is 0.839. The molecule has 0 aliphatic heterocycles. The third-order valence-electron chi connectivity index (χ3n) is 1.32. The third-order valence-corrected chi connectivity index (χ3v) is 1.32. The number of aryl methyl sites for hydroxylation is 1. The van der Waals surface area contributed by atoms with Crippen molar-refractivity contribution in [3.05, 3.63) is 35.4 Å². The second-order valence-corrected chi connectivity index (χ2v) is 2.19. The van der Waals surface area contributed by atoms with E-state index in [4.69, 9.17) is 7.85 Å². The van der Waals surface area contributed by atoms with Crippen molar-refractivity contribution < 1.29 is 0 Å². The van der Waals surface area contributed by atoms with Crippen LogP contribution >= 0.6 is 0 Å². The summed E-state index contributed by atoms with van der Waals surface area (Å²) in [6.07, 6.45) is 0.641. The van der Waals surface area contributed by atoms with Crippen LogP contribution in [0, 0.1) is 6.92 Å². The highest BCUT2D eigenvalue weighted by Crippen LogP contribution is 2.02. The van der Waals surface area contributed by atoms with Gasteiger partial charge in [0.2, 0.25) is 0 Å². The van der Waals surface area contributed by atoms with E-state index in [1.165, 1.54) is 11.1 Å². The first-order valence-corrected chi connectivity index (χ1v) is 3.08. The third kappa shape index (κ3) is 1.60. The summed E-state index contributed by atoms with van der Waals surface area (Å²) in [6.45, 7) is 2.07. The Labute approximate surface area is 57.3 Å². The first-order chi connectivity index (χ1) is 4.33. The maximum absolute atomic E-state index is 5.42. The molecule has 9 heavy (non-hydrogen) atoms. The van der Waals surface area contributed by atoms with E-state index in [1.54, 1.807) is 0 Å². The Morgan fingerprint density at radius 2 is 2.22 bits per heavy atom. The van der Waals surface area contributed by atoms with Crippen LogP contribution in [0.4, 0.5) is 0 Å². The second kappa shape index (κ2) is 2.72. The molecule has 0 N–H and O–H groups in total. The molecule has 0 aromatic heterocycles. The van der Waals surface area contributed by atoms with Gasteiger partial charge in [0.1, 0.15) is 0 Å². The van der Waals surface area contributed by atoms with Gasteiger partial charge in [-0.25, -0.2) is 0 Å². The van der Waals surface area contributed by atoms with Gasteiger partial charge in [-0.15, -0.1) is 0 Å². The fourth-order valence-electron chi connectivity index (χ4n) is 0.839. The Hall–Kier alpha value is -0.715. The molecule has 0 saturated heterocycles. The molecule has 0 spiro atoms. The highest BCUT2D eigenvalue weighted by molar-refractivity contribution is 6.08. The predicted molar refractivity (Wildman–Crippen MR) is 40.6 cm³/mol. The summed E-state index contributed by atoms with van der Waals surface area (Å²) in [5, 5.41) is 0. The average molecular weight is 116 g/mol. The van der Waals surface area contributed by atoms with Crippen molar-refractivity contribution in [3.8, 4) is 0 Å². The van der Waals surface area contributed by atoms with Crippen LogP contribution in [0.1, 0.15) is 11.1 Å². The Balaban J connectivity index is 2.94. The fraction of sp³-hybridized carbons (Fsp3) is 0.250. The smallest absolute Gasteiger partial charge is 0.0643 e. The first kappa shape index (κ1) is 6.41. The maximum atomic E-state index is 5.42. The molecule has 0 nitrogen and oxygen atoms in total. The number of hydrogen-bond acceptors (Lipinski definition) is 0. The van der Waals surface area contributed by atoms with Gasteiger partial charge in [0.05, 0.1) is 7.85 Å². The summed E-state index contributed by atoms with van der Waals surface area (Å²) >= 11 is 0. The molecule has 0 fully saturated rings. The van der Waals surface area contributed by atoms with E-state index in [9.17, 15) is 0 Å². The molecule has 0 amide bonds. The zero-order chi connectivity index (χ0) is 6.69. The quantitative estimate of drug-likeness (QED) is 0.489. The molecule has 0 aliphatic rings. The summed E-state index contributed by atoms with van der Waals surface area (Å²) in [5.74, 6) is 0. The molecule has 1 rings (SSSR count). The summed E-state index contributed by atoms with van der Waals surface area (Å²) in [4.78, 5) is 0. The summed E-state index contributed by atoms with van der Waals surface area (Å²) < 4.78 is 0. The zero-order valence-corrected chi connectivity index (χ0v) is 5.59. The van der Waals surface area contributed by atoms with Gasteiger partial charge in [-0.1, -0.05) is 41.7 Å². The molecule has 0 saturated carbocycles. The normalized spacial score (nSPS) is 9.44. The van der Waals surface area contributed by atoms with E-state index >= 15 is 0 Å². The second-order valence-electron chi connectivity index (χ2n) is 2.19. The number of rotatable bonds is 1. The largest absolute Gasteiger partial charge is 0.0716 e. The average Bonchev–Trinajstić information content (AvgIpc) is 1.88.